The second kappa shape index (κ2) is 6.40. The maximum absolute atomic E-state index is 12.2. The molecule has 0 saturated heterocycles. The van der Waals surface area contributed by atoms with Crippen LogP contribution in [0.1, 0.15) is 16.7 Å². The van der Waals surface area contributed by atoms with E-state index in [-0.39, 0.29) is 11.4 Å². The number of nitrogens with zero attached hydrogens (tertiary/aromatic N) is 5. The number of pyridine rings is 1. The Kier molecular flexibility index (Phi) is 4.39. The largest absolute Gasteiger partial charge is 0.302 e. The fraction of sp³-hybridized carbons (Fsp3) is 0.235. The van der Waals surface area contributed by atoms with Crippen LogP contribution in [0.3, 0.4) is 0 Å². The van der Waals surface area contributed by atoms with E-state index in [4.69, 9.17) is 0 Å². The van der Waals surface area contributed by atoms with E-state index in [9.17, 15) is 13.7 Å². The fourth-order valence-corrected chi connectivity index (χ4v) is 3.19. The van der Waals surface area contributed by atoms with Crippen LogP contribution < -0.4 is 4.72 Å². The number of nitriles is 1. The zero-order valence-electron chi connectivity index (χ0n) is 14.8. The molecule has 0 spiro atoms. The molecule has 3 rings (SSSR count). The van der Waals surface area contributed by atoms with Crippen molar-refractivity contribution in [3.05, 3.63) is 47.2 Å². The van der Waals surface area contributed by atoms with Gasteiger partial charge in [0, 0.05) is 19.5 Å². The molecule has 0 bridgehead atoms. The van der Waals surface area contributed by atoms with Gasteiger partial charge in [-0.3, -0.25) is 4.72 Å². The van der Waals surface area contributed by atoms with Crippen LogP contribution in [0.2, 0.25) is 0 Å². The van der Waals surface area contributed by atoms with Gasteiger partial charge in [-0.1, -0.05) is 18.2 Å². The van der Waals surface area contributed by atoms with Gasteiger partial charge in [0.2, 0.25) is 0 Å². The normalized spacial score (nSPS) is 11.7. The number of nitrogens with one attached hydrogen (secondary N) is 1. The van der Waals surface area contributed by atoms with E-state index < -0.39 is 10.2 Å². The topological polar surface area (TPSA) is 104 Å². The standard InChI is InChI=1S/C17H18N6O2S/c1-11-6-5-7-14-12(2)8-15(20-16(11)14)23-17(13(9-18)10-19-23)21-26(24,25)22(3)4/h5-8,10,21H,1-4H3. The third-order valence-electron chi connectivity index (χ3n) is 4.05. The van der Waals surface area contributed by atoms with E-state index in [1.807, 2.05) is 44.2 Å². The highest BCUT2D eigenvalue weighted by Gasteiger charge is 2.21. The summed E-state index contributed by atoms with van der Waals surface area (Å²) in [6, 6.07) is 9.66. The first-order valence-electron chi connectivity index (χ1n) is 7.80. The van der Waals surface area contributed by atoms with Crippen molar-refractivity contribution >= 4 is 26.9 Å². The van der Waals surface area contributed by atoms with Crippen molar-refractivity contribution in [3.8, 4) is 11.9 Å². The van der Waals surface area contributed by atoms with Crippen LogP contribution in [0.15, 0.2) is 30.5 Å². The van der Waals surface area contributed by atoms with Gasteiger partial charge >= 0.3 is 10.2 Å². The van der Waals surface area contributed by atoms with Gasteiger partial charge in [-0.05, 0) is 31.0 Å². The minimum atomic E-state index is -3.80. The molecule has 1 aromatic carbocycles. The Bertz CT molecular complexity index is 1140. The minimum Gasteiger partial charge on any atom is -0.253 e. The number of anilines is 1. The summed E-state index contributed by atoms with van der Waals surface area (Å²) in [4.78, 5) is 4.63. The van der Waals surface area contributed by atoms with Crippen molar-refractivity contribution in [3.63, 3.8) is 0 Å². The lowest BCUT2D eigenvalue weighted by molar-refractivity contribution is 0.526. The second-order valence-electron chi connectivity index (χ2n) is 6.09. The SMILES string of the molecule is Cc1cc(-n2ncc(C#N)c2NS(=O)(=O)N(C)C)nc2c(C)cccc12. The molecule has 8 nitrogen and oxygen atoms in total. The Morgan fingerprint density at radius 3 is 2.62 bits per heavy atom. The molecule has 2 aromatic heterocycles. The average Bonchev–Trinajstić information content (AvgIpc) is 2.97. The Morgan fingerprint density at radius 2 is 1.96 bits per heavy atom. The highest BCUT2D eigenvalue weighted by Crippen LogP contribution is 2.25. The van der Waals surface area contributed by atoms with Gasteiger partial charge in [0.15, 0.2) is 11.6 Å². The van der Waals surface area contributed by atoms with Crippen LogP contribution in [0, 0.1) is 25.2 Å². The summed E-state index contributed by atoms with van der Waals surface area (Å²) < 4.78 is 29.2. The molecule has 134 valence electrons. The Morgan fingerprint density at radius 1 is 1.23 bits per heavy atom. The highest BCUT2D eigenvalue weighted by molar-refractivity contribution is 7.90. The number of aryl methyl sites for hydroxylation is 2. The van der Waals surface area contributed by atoms with E-state index in [0.29, 0.717) is 5.82 Å². The van der Waals surface area contributed by atoms with Gasteiger partial charge in [-0.2, -0.15) is 27.8 Å². The fourth-order valence-electron chi connectivity index (χ4n) is 2.57. The zero-order valence-corrected chi connectivity index (χ0v) is 15.7. The van der Waals surface area contributed by atoms with E-state index in [0.717, 1.165) is 26.3 Å². The maximum atomic E-state index is 12.2. The molecule has 0 amide bonds. The zero-order chi connectivity index (χ0) is 19.1. The monoisotopic (exact) mass is 370 g/mol. The van der Waals surface area contributed by atoms with Crippen LogP contribution in [-0.2, 0) is 10.2 Å². The second-order valence-corrected chi connectivity index (χ2v) is 7.97. The maximum Gasteiger partial charge on any atom is 0.302 e. The van der Waals surface area contributed by atoms with Crippen LogP contribution in [0.25, 0.3) is 16.7 Å². The third kappa shape index (κ3) is 3.00. The molecule has 0 unspecified atom stereocenters. The van der Waals surface area contributed by atoms with E-state index in [1.165, 1.54) is 25.0 Å². The van der Waals surface area contributed by atoms with Crippen molar-refractivity contribution in [2.75, 3.05) is 18.8 Å². The van der Waals surface area contributed by atoms with Gasteiger partial charge in [-0.15, -0.1) is 0 Å². The van der Waals surface area contributed by atoms with Crippen molar-refractivity contribution < 1.29 is 8.42 Å². The van der Waals surface area contributed by atoms with E-state index in [2.05, 4.69) is 14.8 Å². The molecule has 0 aliphatic heterocycles. The van der Waals surface area contributed by atoms with Crippen molar-refractivity contribution in [2.24, 2.45) is 0 Å². The third-order valence-corrected chi connectivity index (χ3v) is 5.46. The molecule has 26 heavy (non-hydrogen) atoms. The highest BCUT2D eigenvalue weighted by atomic mass is 32.2. The Balaban J connectivity index is 2.23. The van der Waals surface area contributed by atoms with Gasteiger partial charge < -0.3 is 0 Å². The molecule has 0 fully saturated rings. The van der Waals surface area contributed by atoms with Crippen molar-refractivity contribution in [1.82, 2.24) is 19.1 Å². The number of hydrogen-bond acceptors (Lipinski definition) is 5. The van der Waals surface area contributed by atoms with Crippen LogP contribution in [0.5, 0.6) is 0 Å². The van der Waals surface area contributed by atoms with E-state index in [1.54, 1.807) is 0 Å². The lowest BCUT2D eigenvalue weighted by atomic mass is 10.1. The molecule has 1 N–H and O–H groups in total. The van der Waals surface area contributed by atoms with Crippen LogP contribution >= 0.6 is 0 Å². The van der Waals surface area contributed by atoms with Gasteiger partial charge in [-0.25, -0.2) is 4.98 Å². The summed E-state index contributed by atoms with van der Waals surface area (Å²) in [7, 11) is -1.00. The first kappa shape index (κ1) is 17.8. The first-order valence-corrected chi connectivity index (χ1v) is 9.24. The number of rotatable bonds is 4. The Hall–Kier alpha value is -2.96. The molecule has 9 heteroatoms. The Labute approximate surface area is 151 Å². The average molecular weight is 370 g/mol. The number of benzene rings is 1. The predicted molar refractivity (Wildman–Crippen MR) is 99.3 cm³/mol. The summed E-state index contributed by atoms with van der Waals surface area (Å²) in [6.07, 6.45) is 1.31. The number of hydrogen-bond donors (Lipinski definition) is 1. The number of aromatic nitrogens is 3. The summed E-state index contributed by atoms with van der Waals surface area (Å²) in [5.74, 6) is 0.489. The molecule has 3 aromatic rings. The summed E-state index contributed by atoms with van der Waals surface area (Å²) in [5, 5.41) is 14.5. The predicted octanol–water partition coefficient (Wildman–Crippen LogP) is 2.13. The molecule has 0 saturated carbocycles. The van der Waals surface area contributed by atoms with Gasteiger partial charge in [0.25, 0.3) is 0 Å². The lowest BCUT2D eigenvalue weighted by Crippen LogP contribution is -2.30. The molecule has 2 heterocycles. The van der Waals surface area contributed by atoms with Crippen LogP contribution in [-0.4, -0.2) is 41.6 Å². The summed E-state index contributed by atoms with van der Waals surface area (Å²) >= 11 is 0. The molecular formula is C17H18N6O2S. The quantitative estimate of drug-likeness (QED) is 0.757. The molecule has 0 aliphatic rings. The van der Waals surface area contributed by atoms with Crippen LogP contribution in [0.4, 0.5) is 5.82 Å². The molecule has 0 atom stereocenters. The first-order chi connectivity index (χ1) is 12.2. The summed E-state index contributed by atoms with van der Waals surface area (Å²) in [6.45, 7) is 3.91. The summed E-state index contributed by atoms with van der Waals surface area (Å²) in [5.41, 5.74) is 2.89. The number of fused-ring (bicyclic) bond motifs is 1. The van der Waals surface area contributed by atoms with Gasteiger partial charge in [0.05, 0.1) is 11.7 Å². The molecule has 0 aliphatic carbocycles. The van der Waals surface area contributed by atoms with E-state index >= 15 is 0 Å². The molecule has 0 radical (unpaired) electrons. The molecular weight excluding hydrogens is 352 g/mol. The van der Waals surface area contributed by atoms with Crippen molar-refractivity contribution in [1.29, 1.82) is 5.26 Å². The van der Waals surface area contributed by atoms with Gasteiger partial charge in [0.1, 0.15) is 11.6 Å². The lowest BCUT2D eigenvalue weighted by Gasteiger charge is -2.15. The smallest absolute Gasteiger partial charge is 0.253 e. The number of para-hydroxylation sites is 1. The van der Waals surface area contributed by atoms with Crippen molar-refractivity contribution in [2.45, 2.75) is 13.8 Å². The minimum absolute atomic E-state index is 0.0565.